The van der Waals surface area contributed by atoms with E-state index >= 15 is 0 Å². The zero-order chi connectivity index (χ0) is 18.3. The Morgan fingerprint density at radius 1 is 1.54 bits per heavy atom. The Balaban J connectivity index is 1.79. The normalized spacial score (nSPS) is 20.6. The maximum atomic E-state index is 6.34. The van der Waals surface area contributed by atoms with Crippen LogP contribution in [0.4, 0.5) is 5.69 Å². The molecule has 0 saturated carbocycles. The van der Waals surface area contributed by atoms with Gasteiger partial charge in [-0.15, -0.1) is 11.3 Å². The highest BCUT2D eigenvalue weighted by atomic mass is 79.9. The molecule has 0 spiro atoms. The van der Waals surface area contributed by atoms with Gasteiger partial charge in [-0.25, -0.2) is 4.98 Å². The van der Waals surface area contributed by atoms with Crippen LogP contribution in [0.2, 0.25) is 5.15 Å². The molecule has 1 saturated heterocycles. The number of fused-ring (bicyclic) bond motifs is 1. The molecule has 0 unspecified atom stereocenters. The van der Waals surface area contributed by atoms with Gasteiger partial charge in [0, 0.05) is 48.8 Å². The third-order valence-corrected chi connectivity index (χ3v) is 6.73. The van der Waals surface area contributed by atoms with E-state index in [2.05, 4.69) is 55.4 Å². The van der Waals surface area contributed by atoms with Gasteiger partial charge in [-0.1, -0.05) is 17.7 Å². The Labute approximate surface area is 169 Å². The standard InChI is InChI=1S/C18H20BrClN4OS/c1-24-17(11-4-5-25-9-12(11)21)15(19)16-18(24)13(7-14(20)23-16)22-8-10-3-2-6-26-10/h2-3,6-7,11-12H,4-5,8-9,21H2,1H3,(H,22,23)/t11-,12-/m0/s1. The van der Waals surface area contributed by atoms with E-state index in [0.717, 1.165) is 46.5 Å². The Morgan fingerprint density at radius 2 is 2.38 bits per heavy atom. The zero-order valence-electron chi connectivity index (χ0n) is 14.3. The van der Waals surface area contributed by atoms with Crippen molar-refractivity contribution in [3.8, 4) is 0 Å². The van der Waals surface area contributed by atoms with Crippen LogP contribution in [0.5, 0.6) is 0 Å². The number of rotatable bonds is 4. The lowest BCUT2D eigenvalue weighted by molar-refractivity contribution is 0.0681. The summed E-state index contributed by atoms with van der Waals surface area (Å²) in [6, 6.07) is 6.03. The summed E-state index contributed by atoms with van der Waals surface area (Å²) in [5.41, 5.74) is 10.4. The number of pyridine rings is 1. The summed E-state index contributed by atoms with van der Waals surface area (Å²) in [5.74, 6) is 0.223. The van der Waals surface area contributed by atoms with Crippen molar-refractivity contribution >= 4 is 55.6 Å². The molecule has 0 aliphatic carbocycles. The highest BCUT2D eigenvalue weighted by molar-refractivity contribution is 9.10. The minimum atomic E-state index is -0.0268. The second-order valence-corrected chi connectivity index (χ2v) is 8.73. The highest BCUT2D eigenvalue weighted by Gasteiger charge is 2.30. The fraction of sp³-hybridized carbons (Fsp3) is 0.389. The summed E-state index contributed by atoms with van der Waals surface area (Å²) in [6.07, 6.45) is 0.898. The molecule has 0 bridgehead atoms. The van der Waals surface area contributed by atoms with Gasteiger partial charge < -0.3 is 20.4 Å². The number of hydrogen-bond acceptors (Lipinski definition) is 5. The number of halogens is 2. The van der Waals surface area contributed by atoms with E-state index in [-0.39, 0.29) is 12.0 Å². The molecule has 3 aromatic rings. The number of anilines is 1. The number of aryl methyl sites for hydroxylation is 1. The molecule has 5 nitrogen and oxygen atoms in total. The number of hydrogen-bond donors (Lipinski definition) is 2. The summed E-state index contributed by atoms with van der Waals surface area (Å²) in [6.45, 7) is 2.06. The first-order valence-corrected chi connectivity index (χ1v) is 10.5. The molecule has 0 radical (unpaired) electrons. The highest BCUT2D eigenvalue weighted by Crippen LogP contribution is 2.40. The van der Waals surface area contributed by atoms with E-state index in [4.69, 9.17) is 22.1 Å². The number of nitrogens with one attached hydrogen (secondary N) is 1. The second kappa shape index (κ2) is 7.48. The van der Waals surface area contributed by atoms with Crippen LogP contribution in [0.3, 0.4) is 0 Å². The van der Waals surface area contributed by atoms with E-state index in [9.17, 15) is 0 Å². The fourth-order valence-electron chi connectivity index (χ4n) is 3.63. The van der Waals surface area contributed by atoms with Gasteiger partial charge in [-0.2, -0.15) is 0 Å². The van der Waals surface area contributed by atoms with Crippen molar-refractivity contribution in [3.63, 3.8) is 0 Å². The molecule has 0 aromatic carbocycles. The number of thiophene rings is 1. The van der Waals surface area contributed by atoms with E-state index in [1.54, 1.807) is 11.3 Å². The largest absolute Gasteiger partial charge is 0.380 e. The lowest BCUT2D eigenvalue weighted by Gasteiger charge is -2.29. The van der Waals surface area contributed by atoms with Crippen LogP contribution in [-0.2, 0) is 18.3 Å². The van der Waals surface area contributed by atoms with Crippen LogP contribution >= 0.6 is 38.9 Å². The van der Waals surface area contributed by atoms with E-state index in [1.807, 2.05) is 6.07 Å². The number of aromatic nitrogens is 2. The van der Waals surface area contributed by atoms with Gasteiger partial charge in [0.15, 0.2) is 0 Å². The first-order valence-electron chi connectivity index (χ1n) is 8.50. The predicted octanol–water partition coefficient (Wildman–Crippen LogP) is 4.49. The van der Waals surface area contributed by atoms with Crippen LogP contribution in [-0.4, -0.2) is 28.8 Å². The Bertz CT molecular complexity index is 927. The van der Waals surface area contributed by atoms with Crippen LogP contribution in [0.25, 0.3) is 11.0 Å². The average molecular weight is 456 g/mol. The van der Waals surface area contributed by atoms with Crippen molar-refractivity contribution in [1.82, 2.24) is 9.55 Å². The van der Waals surface area contributed by atoms with Crippen LogP contribution in [0.15, 0.2) is 28.1 Å². The van der Waals surface area contributed by atoms with Crippen LogP contribution in [0, 0.1) is 0 Å². The number of nitrogens with two attached hydrogens (primary N) is 1. The van der Waals surface area contributed by atoms with Gasteiger partial charge in [0.2, 0.25) is 0 Å². The van der Waals surface area contributed by atoms with Gasteiger partial charge in [-0.3, -0.25) is 0 Å². The summed E-state index contributed by atoms with van der Waals surface area (Å²) < 4.78 is 8.67. The summed E-state index contributed by atoms with van der Waals surface area (Å²) in [4.78, 5) is 5.84. The monoisotopic (exact) mass is 454 g/mol. The number of nitrogens with zero attached hydrogens (tertiary/aromatic N) is 2. The third kappa shape index (κ3) is 3.27. The topological polar surface area (TPSA) is 65.1 Å². The van der Waals surface area contributed by atoms with Crippen molar-refractivity contribution in [2.45, 2.75) is 24.9 Å². The van der Waals surface area contributed by atoms with Crippen molar-refractivity contribution in [2.75, 3.05) is 18.5 Å². The number of ether oxygens (including phenoxy) is 1. The first-order chi connectivity index (χ1) is 12.6. The van der Waals surface area contributed by atoms with Gasteiger partial charge >= 0.3 is 0 Å². The fourth-order valence-corrected chi connectivity index (χ4v) is 5.30. The molecule has 3 N–H and O–H groups in total. The molecule has 1 aliphatic rings. The van der Waals surface area contributed by atoms with Gasteiger partial charge in [-0.05, 0) is 33.8 Å². The Hall–Kier alpha value is -1.12. The summed E-state index contributed by atoms with van der Waals surface area (Å²) in [7, 11) is 2.07. The molecule has 4 heterocycles. The lowest BCUT2D eigenvalue weighted by atomic mass is 9.92. The lowest BCUT2D eigenvalue weighted by Crippen LogP contribution is -2.38. The predicted molar refractivity (Wildman–Crippen MR) is 111 cm³/mol. The van der Waals surface area contributed by atoms with Crippen LogP contribution in [0.1, 0.15) is 22.9 Å². The average Bonchev–Trinajstić information content (AvgIpc) is 3.22. The van der Waals surface area contributed by atoms with Crippen molar-refractivity contribution in [2.24, 2.45) is 12.8 Å². The molecular weight excluding hydrogens is 436 g/mol. The molecule has 3 aromatic heterocycles. The molecule has 0 amide bonds. The van der Waals surface area contributed by atoms with Crippen LogP contribution < -0.4 is 11.1 Å². The molecule has 26 heavy (non-hydrogen) atoms. The Kier molecular flexibility index (Phi) is 5.25. The molecular formula is C18H20BrClN4OS. The molecule has 1 aliphatic heterocycles. The molecule has 1 fully saturated rings. The first kappa shape index (κ1) is 18.3. The minimum Gasteiger partial charge on any atom is -0.380 e. The minimum absolute atomic E-state index is 0.0268. The maximum Gasteiger partial charge on any atom is 0.132 e. The van der Waals surface area contributed by atoms with E-state index in [0.29, 0.717) is 11.8 Å². The summed E-state index contributed by atoms with van der Waals surface area (Å²) in [5, 5.41) is 6.07. The van der Waals surface area contributed by atoms with Crippen molar-refractivity contribution < 1.29 is 4.74 Å². The van der Waals surface area contributed by atoms with Gasteiger partial charge in [0.1, 0.15) is 10.7 Å². The maximum absolute atomic E-state index is 6.34. The molecule has 2 atom stereocenters. The Morgan fingerprint density at radius 3 is 3.12 bits per heavy atom. The van der Waals surface area contributed by atoms with E-state index < -0.39 is 0 Å². The molecule has 138 valence electrons. The molecule has 8 heteroatoms. The van der Waals surface area contributed by atoms with E-state index in [1.165, 1.54) is 4.88 Å². The molecule has 4 rings (SSSR count). The third-order valence-electron chi connectivity index (χ3n) is 4.88. The smallest absolute Gasteiger partial charge is 0.132 e. The van der Waals surface area contributed by atoms with Gasteiger partial charge in [0.25, 0.3) is 0 Å². The quantitative estimate of drug-likeness (QED) is 0.569. The zero-order valence-corrected chi connectivity index (χ0v) is 17.5. The van der Waals surface area contributed by atoms with Crippen molar-refractivity contribution in [1.29, 1.82) is 0 Å². The van der Waals surface area contributed by atoms with Crippen molar-refractivity contribution in [3.05, 3.63) is 43.8 Å². The summed E-state index contributed by atoms with van der Waals surface area (Å²) >= 11 is 11.8. The second-order valence-electron chi connectivity index (χ2n) is 6.51. The SMILES string of the molecule is Cn1c([C@H]2CCOC[C@@H]2N)c(Br)c2nc(Cl)cc(NCc3cccs3)c21. The van der Waals surface area contributed by atoms with Gasteiger partial charge in [0.05, 0.1) is 22.3 Å².